The third kappa shape index (κ3) is 13.5. The molecule has 0 aromatic rings. The maximum atomic E-state index is 8.18. The summed E-state index contributed by atoms with van der Waals surface area (Å²) in [5.41, 5.74) is 0. The Labute approximate surface area is 94.8 Å². The molecule has 0 saturated carbocycles. The van der Waals surface area contributed by atoms with E-state index < -0.39 is 0 Å². The van der Waals surface area contributed by atoms with Crippen molar-refractivity contribution in [2.45, 2.75) is 77.6 Å². The third-order valence-electron chi connectivity index (χ3n) is 2.77. The molecule has 0 amide bonds. The van der Waals surface area contributed by atoms with Crippen LogP contribution in [0.5, 0.6) is 0 Å². The maximum Gasteiger partial charge on any atom is 0.0435 e. The van der Waals surface area contributed by atoms with Gasteiger partial charge >= 0.3 is 0 Å². The lowest BCUT2D eigenvalue weighted by Crippen LogP contribution is -1.82. The summed E-state index contributed by atoms with van der Waals surface area (Å²) in [6, 6.07) is 0. The largest absolute Gasteiger partial charge is 0.411 e. The highest BCUT2D eigenvalue weighted by atomic mass is 16.4. The van der Waals surface area contributed by atoms with Crippen LogP contribution >= 0.6 is 0 Å². The molecular weight excluding hydrogens is 186 g/mol. The number of nitrogens with zero attached hydrogens (tertiary/aromatic N) is 1. The number of rotatable bonds is 11. The first-order chi connectivity index (χ1) is 7.41. The second-order valence-corrected chi connectivity index (χ2v) is 4.27. The molecule has 0 spiro atoms. The van der Waals surface area contributed by atoms with Gasteiger partial charge in [-0.2, -0.15) is 0 Å². The Hall–Kier alpha value is -0.530. The van der Waals surface area contributed by atoms with Crippen LogP contribution in [-0.2, 0) is 0 Å². The smallest absolute Gasteiger partial charge is 0.0435 e. The van der Waals surface area contributed by atoms with E-state index >= 15 is 0 Å². The van der Waals surface area contributed by atoms with E-state index in [1.165, 1.54) is 64.2 Å². The van der Waals surface area contributed by atoms with E-state index in [2.05, 4.69) is 12.1 Å². The van der Waals surface area contributed by atoms with Gasteiger partial charge in [0.2, 0.25) is 0 Å². The first kappa shape index (κ1) is 14.5. The van der Waals surface area contributed by atoms with E-state index in [4.69, 9.17) is 5.21 Å². The Morgan fingerprint density at radius 3 is 1.73 bits per heavy atom. The Morgan fingerprint density at radius 2 is 1.27 bits per heavy atom. The zero-order valence-corrected chi connectivity index (χ0v) is 10.2. The van der Waals surface area contributed by atoms with E-state index in [0.717, 1.165) is 6.42 Å². The van der Waals surface area contributed by atoms with Gasteiger partial charge in [0, 0.05) is 6.21 Å². The molecule has 0 atom stereocenters. The standard InChI is InChI=1S/C13H27NO/c1-2-3-4-5-6-7-8-9-10-11-12-13-14-15/h13,15H,2-12H2,1H3/b14-13+. The van der Waals surface area contributed by atoms with Crippen molar-refractivity contribution >= 4 is 6.21 Å². The Morgan fingerprint density at radius 1 is 0.800 bits per heavy atom. The van der Waals surface area contributed by atoms with Crippen molar-refractivity contribution in [3.63, 3.8) is 0 Å². The minimum absolute atomic E-state index is 0.924. The minimum Gasteiger partial charge on any atom is -0.411 e. The first-order valence-electron chi connectivity index (χ1n) is 6.57. The molecule has 90 valence electrons. The average Bonchev–Trinajstić information content (AvgIpc) is 2.26. The van der Waals surface area contributed by atoms with Crippen molar-refractivity contribution in [2.24, 2.45) is 5.16 Å². The van der Waals surface area contributed by atoms with Crippen molar-refractivity contribution in [3.05, 3.63) is 0 Å². The third-order valence-corrected chi connectivity index (χ3v) is 2.77. The van der Waals surface area contributed by atoms with Crippen molar-refractivity contribution in [1.29, 1.82) is 0 Å². The normalized spacial score (nSPS) is 11.3. The molecular formula is C13H27NO. The van der Waals surface area contributed by atoms with Gasteiger partial charge in [0.05, 0.1) is 0 Å². The van der Waals surface area contributed by atoms with Gasteiger partial charge in [-0.1, -0.05) is 64.7 Å². The van der Waals surface area contributed by atoms with Crippen molar-refractivity contribution in [3.8, 4) is 0 Å². The van der Waals surface area contributed by atoms with Crippen LogP contribution in [0.15, 0.2) is 5.16 Å². The molecule has 2 nitrogen and oxygen atoms in total. The quantitative estimate of drug-likeness (QED) is 0.228. The number of unbranched alkanes of at least 4 members (excludes halogenated alkanes) is 10. The molecule has 0 rings (SSSR count). The van der Waals surface area contributed by atoms with Crippen molar-refractivity contribution < 1.29 is 5.21 Å². The molecule has 0 aromatic carbocycles. The second-order valence-electron chi connectivity index (χ2n) is 4.27. The molecule has 0 aliphatic carbocycles. The molecule has 0 aliphatic rings. The average molecular weight is 213 g/mol. The lowest BCUT2D eigenvalue weighted by molar-refractivity contribution is 0.320. The van der Waals surface area contributed by atoms with Gasteiger partial charge in [-0.15, -0.1) is 5.16 Å². The minimum atomic E-state index is 0.924. The molecule has 1 N–H and O–H groups in total. The molecule has 15 heavy (non-hydrogen) atoms. The van der Waals surface area contributed by atoms with Gasteiger partial charge in [0.25, 0.3) is 0 Å². The molecule has 0 aliphatic heterocycles. The highest BCUT2D eigenvalue weighted by Crippen LogP contribution is 2.10. The van der Waals surface area contributed by atoms with Crippen LogP contribution in [-0.4, -0.2) is 11.4 Å². The highest BCUT2D eigenvalue weighted by molar-refractivity contribution is 5.55. The zero-order valence-electron chi connectivity index (χ0n) is 10.2. The van der Waals surface area contributed by atoms with Gasteiger partial charge in [-0.25, -0.2) is 0 Å². The van der Waals surface area contributed by atoms with E-state index in [1.807, 2.05) is 0 Å². The molecule has 0 radical (unpaired) electrons. The fraction of sp³-hybridized carbons (Fsp3) is 0.923. The summed E-state index contributed by atoms with van der Waals surface area (Å²) in [7, 11) is 0. The van der Waals surface area contributed by atoms with Crippen LogP contribution < -0.4 is 0 Å². The fourth-order valence-electron chi connectivity index (χ4n) is 1.78. The molecule has 0 fully saturated rings. The van der Waals surface area contributed by atoms with Gasteiger partial charge in [0.1, 0.15) is 0 Å². The molecule has 0 heterocycles. The van der Waals surface area contributed by atoms with E-state index in [1.54, 1.807) is 6.21 Å². The van der Waals surface area contributed by atoms with E-state index in [-0.39, 0.29) is 0 Å². The maximum absolute atomic E-state index is 8.18. The summed E-state index contributed by atoms with van der Waals surface area (Å²) >= 11 is 0. The summed E-state index contributed by atoms with van der Waals surface area (Å²) in [6.07, 6.45) is 16.1. The molecule has 0 bridgehead atoms. The van der Waals surface area contributed by atoms with Crippen molar-refractivity contribution in [2.75, 3.05) is 0 Å². The van der Waals surface area contributed by atoms with Crippen LogP contribution in [0.25, 0.3) is 0 Å². The summed E-state index contributed by atoms with van der Waals surface area (Å²) < 4.78 is 0. The monoisotopic (exact) mass is 213 g/mol. The van der Waals surface area contributed by atoms with Crippen LogP contribution in [0.2, 0.25) is 0 Å². The fourth-order valence-corrected chi connectivity index (χ4v) is 1.78. The number of oxime groups is 1. The van der Waals surface area contributed by atoms with E-state index in [0.29, 0.717) is 0 Å². The van der Waals surface area contributed by atoms with Crippen LogP contribution in [0.1, 0.15) is 77.6 Å². The van der Waals surface area contributed by atoms with Crippen LogP contribution in [0, 0.1) is 0 Å². The lowest BCUT2D eigenvalue weighted by Gasteiger charge is -2.00. The number of hydrogen-bond donors (Lipinski definition) is 1. The summed E-state index contributed by atoms with van der Waals surface area (Å²) in [5, 5.41) is 11.2. The summed E-state index contributed by atoms with van der Waals surface area (Å²) in [4.78, 5) is 0. The SMILES string of the molecule is CCCCCCCCCCCC/C=N/O. The van der Waals surface area contributed by atoms with Crippen LogP contribution in [0.4, 0.5) is 0 Å². The Balaban J connectivity index is 2.86. The first-order valence-corrected chi connectivity index (χ1v) is 6.57. The van der Waals surface area contributed by atoms with E-state index in [9.17, 15) is 0 Å². The summed E-state index contributed by atoms with van der Waals surface area (Å²) in [5.74, 6) is 0. The molecule has 0 unspecified atom stereocenters. The second kappa shape index (κ2) is 13.5. The summed E-state index contributed by atoms with van der Waals surface area (Å²) in [6.45, 7) is 2.26. The van der Waals surface area contributed by atoms with Gasteiger partial charge in [-0.05, 0) is 12.8 Å². The highest BCUT2D eigenvalue weighted by Gasteiger charge is 1.91. The number of hydrogen-bond acceptors (Lipinski definition) is 2. The Kier molecular flexibility index (Phi) is 13.0. The van der Waals surface area contributed by atoms with Gasteiger partial charge in [0.15, 0.2) is 0 Å². The Bertz CT molecular complexity index is 134. The zero-order chi connectivity index (χ0) is 11.2. The molecule has 0 aromatic heterocycles. The van der Waals surface area contributed by atoms with Crippen molar-refractivity contribution in [1.82, 2.24) is 0 Å². The lowest BCUT2D eigenvalue weighted by atomic mass is 10.1. The predicted octanol–water partition coefficient (Wildman–Crippen LogP) is 4.76. The predicted molar refractivity (Wildman–Crippen MR) is 66.7 cm³/mol. The topological polar surface area (TPSA) is 32.6 Å². The van der Waals surface area contributed by atoms with Gasteiger partial charge in [-0.3, -0.25) is 0 Å². The molecule has 2 heteroatoms. The molecule has 0 saturated heterocycles. The van der Waals surface area contributed by atoms with Gasteiger partial charge < -0.3 is 5.21 Å². The van der Waals surface area contributed by atoms with Crippen LogP contribution in [0.3, 0.4) is 0 Å².